The summed E-state index contributed by atoms with van der Waals surface area (Å²) < 4.78 is 5.49. The van der Waals surface area contributed by atoms with Crippen LogP contribution in [0.4, 0.5) is 10.5 Å². The van der Waals surface area contributed by atoms with Crippen molar-refractivity contribution in [2.45, 2.75) is 51.5 Å². The van der Waals surface area contributed by atoms with Crippen LogP contribution in [0.5, 0.6) is 5.75 Å². The molecular weight excluding hydrogens is 330 g/mol. The van der Waals surface area contributed by atoms with Crippen LogP contribution in [0.3, 0.4) is 0 Å². The average molecular weight is 359 g/mol. The van der Waals surface area contributed by atoms with Crippen molar-refractivity contribution in [2.24, 2.45) is 0 Å². The molecule has 2 N–H and O–H groups in total. The number of hydrogen-bond donors (Lipinski definition) is 1. The zero-order valence-corrected chi connectivity index (χ0v) is 15.6. The summed E-state index contributed by atoms with van der Waals surface area (Å²) in [7, 11) is 0. The molecule has 3 rings (SSSR count). The highest BCUT2D eigenvalue weighted by atomic mass is 16.6. The van der Waals surface area contributed by atoms with E-state index in [4.69, 9.17) is 10.5 Å². The lowest BCUT2D eigenvalue weighted by Gasteiger charge is -2.39. The Labute approximate surface area is 155 Å². The van der Waals surface area contributed by atoms with Crippen LogP contribution in [0.1, 0.15) is 55.8 Å². The molecule has 26 heavy (non-hydrogen) atoms. The quantitative estimate of drug-likeness (QED) is 0.659. The molecule has 142 valence electrons. The zero-order valence-electron chi connectivity index (χ0n) is 15.6. The molecule has 1 aromatic carbocycles. The van der Waals surface area contributed by atoms with Crippen LogP contribution in [-0.2, 0) is 0 Å². The summed E-state index contributed by atoms with van der Waals surface area (Å²) in [6.07, 6.45) is 5.93. The van der Waals surface area contributed by atoms with Crippen molar-refractivity contribution < 1.29 is 14.3 Å². The lowest BCUT2D eigenvalue weighted by atomic mass is 10.0. The van der Waals surface area contributed by atoms with Crippen molar-refractivity contribution in [2.75, 3.05) is 31.9 Å². The van der Waals surface area contributed by atoms with Crippen molar-refractivity contribution in [3.05, 3.63) is 23.8 Å². The minimum Gasteiger partial charge on any atom is -0.410 e. The second kappa shape index (κ2) is 8.54. The Morgan fingerprint density at radius 3 is 2.46 bits per heavy atom. The second-order valence-electron chi connectivity index (χ2n) is 7.21. The summed E-state index contributed by atoms with van der Waals surface area (Å²) in [6.45, 7) is 5.60. The van der Waals surface area contributed by atoms with Crippen LogP contribution < -0.4 is 10.5 Å². The molecule has 2 aliphatic heterocycles. The third-order valence-corrected chi connectivity index (χ3v) is 5.48. The van der Waals surface area contributed by atoms with Crippen LogP contribution in [0.2, 0.25) is 0 Å². The molecule has 6 heteroatoms. The molecule has 2 fully saturated rings. The molecule has 0 atom stereocenters. The number of piperidine rings is 2. The molecule has 0 saturated carbocycles. The van der Waals surface area contributed by atoms with E-state index in [9.17, 15) is 9.59 Å². The van der Waals surface area contributed by atoms with E-state index in [-0.39, 0.29) is 11.9 Å². The molecular formula is C20H29N3O3. The van der Waals surface area contributed by atoms with Gasteiger partial charge in [-0.15, -0.1) is 0 Å². The summed E-state index contributed by atoms with van der Waals surface area (Å²) in [6, 6.07) is 5.41. The van der Waals surface area contributed by atoms with Gasteiger partial charge in [-0.05, 0) is 57.0 Å². The van der Waals surface area contributed by atoms with Gasteiger partial charge >= 0.3 is 6.09 Å². The van der Waals surface area contributed by atoms with E-state index in [0.717, 1.165) is 25.9 Å². The van der Waals surface area contributed by atoms with E-state index in [0.29, 0.717) is 29.5 Å². The lowest BCUT2D eigenvalue weighted by molar-refractivity contribution is 0.0877. The minimum atomic E-state index is -0.346. The molecule has 2 saturated heterocycles. The van der Waals surface area contributed by atoms with E-state index in [2.05, 4.69) is 4.90 Å². The molecule has 0 radical (unpaired) electrons. The smallest absolute Gasteiger partial charge is 0.410 e. The highest BCUT2D eigenvalue weighted by Gasteiger charge is 2.28. The maximum atomic E-state index is 12.5. The minimum absolute atomic E-state index is 0.0530. The molecule has 1 aromatic rings. The maximum Gasteiger partial charge on any atom is 0.415 e. The zero-order chi connectivity index (χ0) is 18.5. The first-order valence-electron chi connectivity index (χ1n) is 9.72. The molecule has 1 amide bonds. The first kappa shape index (κ1) is 18.7. The van der Waals surface area contributed by atoms with E-state index in [1.165, 1.54) is 32.4 Å². The summed E-state index contributed by atoms with van der Waals surface area (Å²) in [5.74, 6) is 0.321. The topological polar surface area (TPSA) is 75.9 Å². The van der Waals surface area contributed by atoms with Gasteiger partial charge in [0.05, 0.1) is 0 Å². The predicted octanol–water partition coefficient (Wildman–Crippen LogP) is 3.31. The number of anilines is 1. The van der Waals surface area contributed by atoms with Crippen molar-refractivity contribution in [3.8, 4) is 5.75 Å². The van der Waals surface area contributed by atoms with Crippen molar-refractivity contribution in [3.63, 3.8) is 0 Å². The number of likely N-dealkylation sites (tertiary alicyclic amines) is 2. The largest absolute Gasteiger partial charge is 0.415 e. The monoisotopic (exact) mass is 359 g/mol. The van der Waals surface area contributed by atoms with Gasteiger partial charge in [0.1, 0.15) is 5.75 Å². The fourth-order valence-electron chi connectivity index (χ4n) is 3.89. The summed E-state index contributed by atoms with van der Waals surface area (Å²) in [4.78, 5) is 28.7. The Kier molecular flexibility index (Phi) is 6.14. The Morgan fingerprint density at radius 1 is 1.12 bits per heavy atom. The maximum absolute atomic E-state index is 12.5. The first-order chi connectivity index (χ1) is 12.6. The summed E-state index contributed by atoms with van der Waals surface area (Å²) in [5, 5.41) is 0. The van der Waals surface area contributed by atoms with Gasteiger partial charge in [-0.25, -0.2) is 4.79 Å². The highest BCUT2D eigenvalue weighted by Crippen LogP contribution is 2.24. The third kappa shape index (κ3) is 4.36. The number of carbonyl (C=O) groups excluding carboxylic acids is 2. The SMILES string of the molecule is CCC(=O)c1cc(OC(=O)N2CCC(N3CCCCC3)CC2)ccc1N. The molecule has 0 spiro atoms. The number of nitrogens with zero attached hydrogens (tertiary/aromatic N) is 2. The van der Waals surface area contributed by atoms with Gasteiger partial charge < -0.3 is 20.3 Å². The number of nitrogen functional groups attached to an aromatic ring is 1. The van der Waals surface area contributed by atoms with E-state index in [1.807, 2.05) is 0 Å². The molecule has 2 heterocycles. The molecule has 0 bridgehead atoms. The van der Waals surface area contributed by atoms with Gasteiger partial charge in [0, 0.05) is 36.8 Å². The number of nitrogens with two attached hydrogens (primary N) is 1. The molecule has 2 aliphatic rings. The van der Waals surface area contributed by atoms with E-state index < -0.39 is 0 Å². The van der Waals surface area contributed by atoms with E-state index in [1.54, 1.807) is 30.0 Å². The van der Waals surface area contributed by atoms with Gasteiger partial charge in [0.2, 0.25) is 0 Å². The van der Waals surface area contributed by atoms with Crippen LogP contribution >= 0.6 is 0 Å². The van der Waals surface area contributed by atoms with Gasteiger partial charge in [-0.2, -0.15) is 0 Å². The first-order valence-corrected chi connectivity index (χ1v) is 9.72. The number of hydrogen-bond acceptors (Lipinski definition) is 5. The number of ketones is 1. The number of ether oxygens (including phenoxy) is 1. The number of rotatable bonds is 4. The number of Topliss-reactive ketones (excluding diaryl/α,β-unsaturated/α-hetero) is 1. The van der Waals surface area contributed by atoms with E-state index >= 15 is 0 Å². The average Bonchev–Trinajstić information content (AvgIpc) is 2.69. The van der Waals surface area contributed by atoms with Gasteiger partial charge in [-0.3, -0.25) is 4.79 Å². The molecule has 6 nitrogen and oxygen atoms in total. The molecule has 0 unspecified atom stereocenters. The van der Waals surface area contributed by atoms with Crippen molar-refractivity contribution in [1.29, 1.82) is 0 Å². The van der Waals surface area contributed by atoms with Crippen molar-refractivity contribution >= 4 is 17.6 Å². The Hall–Kier alpha value is -2.08. The standard InChI is InChI=1S/C20H29N3O3/c1-2-19(24)17-14-16(6-7-18(17)21)26-20(25)23-12-8-15(9-13-23)22-10-4-3-5-11-22/h6-7,14-15H,2-5,8-13,21H2,1H3. The second-order valence-corrected chi connectivity index (χ2v) is 7.21. The summed E-state index contributed by atoms with van der Waals surface area (Å²) >= 11 is 0. The van der Waals surface area contributed by atoms with Crippen molar-refractivity contribution in [1.82, 2.24) is 9.80 Å². The van der Waals surface area contributed by atoms with Crippen LogP contribution in [-0.4, -0.2) is 53.9 Å². The third-order valence-electron chi connectivity index (χ3n) is 5.48. The number of amides is 1. The van der Waals surface area contributed by atoms with Gasteiger partial charge in [0.15, 0.2) is 5.78 Å². The Balaban J connectivity index is 1.55. The van der Waals surface area contributed by atoms with Crippen LogP contribution in [0.25, 0.3) is 0 Å². The van der Waals surface area contributed by atoms with Gasteiger partial charge in [-0.1, -0.05) is 13.3 Å². The van der Waals surface area contributed by atoms with Crippen LogP contribution in [0, 0.1) is 0 Å². The predicted molar refractivity (Wildman–Crippen MR) is 102 cm³/mol. The fraction of sp³-hybridized carbons (Fsp3) is 0.600. The fourth-order valence-corrected chi connectivity index (χ4v) is 3.89. The Bertz CT molecular complexity index is 648. The van der Waals surface area contributed by atoms with Gasteiger partial charge in [0.25, 0.3) is 0 Å². The highest BCUT2D eigenvalue weighted by molar-refractivity contribution is 6.01. The molecule has 0 aliphatic carbocycles. The molecule has 0 aromatic heterocycles. The number of carbonyl (C=O) groups is 2. The normalized spacial score (nSPS) is 19.3. The lowest BCUT2D eigenvalue weighted by Crippen LogP contribution is -2.48. The summed E-state index contributed by atoms with van der Waals surface area (Å²) in [5.41, 5.74) is 6.68. The van der Waals surface area contributed by atoms with Crippen LogP contribution in [0.15, 0.2) is 18.2 Å². The Morgan fingerprint density at radius 2 is 1.81 bits per heavy atom. The number of benzene rings is 1.